The van der Waals surface area contributed by atoms with E-state index in [-0.39, 0.29) is 0 Å². The van der Waals surface area contributed by atoms with E-state index in [0.29, 0.717) is 0 Å². The van der Waals surface area contributed by atoms with Crippen LogP contribution in [0.3, 0.4) is 0 Å². The number of aromatic nitrogens is 5. The minimum absolute atomic E-state index is 0.913. The van der Waals surface area contributed by atoms with E-state index >= 15 is 0 Å². The van der Waals surface area contributed by atoms with E-state index in [4.69, 9.17) is 5.10 Å². The fourth-order valence-corrected chi connectivity index (χ4v) is 3.81. The van der Waals surface area contributed by atoms with Crippen molar-refractivity contribution in [3.8, 4) is 17.1 Å². The Hall–Kier alpha value is -3.08. The first kappa shape index (κ1) is 15.2. The number of pyridine rings is 1. The van der Waals surface area contributed by atoms with Gasteiger partial charge in [-0.3, -0.25) is 9.67 Å². The van der Waals surface area contributed by atoms with Crippen LogP contribution in [0.4, 0.5) is 0 Å². The summed E-state index contributed by atoms with van der Waals surface area (Å²) >= 11 is 0. The molecule has 1 aliphatic heterocycles. The molecule has 0 amide bonds. The van der Waals surface area contributed by atoms with Crippen molar-refractivity contribution >= 4 is 11.0 Å². The molecule has 0 spiro atoms. The average molecular weight is 342 g/mol. The van der Waals surface area contributed by atoms with E-state index in [1.807, 2.05) is 42.9 Å². The van der Waals surface area contributed by atoms with Crippen LogP contribution in [0.1, 0.15) is 25.0 Å². The summed E-state index contributed by atoms with van der Waals surface area (Å²) in [5.74, 6) is 0. The molecule has 0 fully saturated rings. The highest BCUT2D eigenvalue weighted by Gasteiger charge is 2.30. The third-order valence-corrected chi connectivity index (χ3v) is 5.03. The Balaban J connectivity index is 1.83. The molecule has 0 bridgehead atoms. The average Bonchev–Trinajstić information content (AvgIpc) is 2.90. The van der Waals surface area contributed by atoms with Crippen molar-refractivity contribution in [2.75, 3.05) is 0 Å². The van der Waals surface area contributed by atoms with Crippen LogP contribution >= 0.6 is 0 Å². The zero-order valence-corrected chi connectivity index (χ0v) is 14.5. The second-order valence-corrected chi connectivity index (χ2v) is 6.68. The van der Waals surface area contributed by atoms with Gasteiger partial charge in [0.1, 0.15) is 11.2 Å². The first-order valence-corrected chi connectivity index (χ1v) is 9.19. The summed E-state index contributed by atoms with van der Waals surface area (Å²) in [6.45, 7) is 0.971. The van der Waals surface area contributed by atoms with Gasteiger partial charge in [0, 0.05) is 18.8 Å². The first-order valence-electron chi connectivity index (χ1n) is 9.19. The van der Waals surface area contributed by atoms with Crippen LogP contribution < -0.4 is 4.57 Å². The molecule has 1 aromatic carbocycles. The van der Waals surface area contributed by atoms with Gasteiger partial charge in [-0.05, 0) is 37.5 Å². The van der Waals surface area contributed by atoms with E-state index in [9.17, 15) is 0 Å². The van der Waals surface area contributed by atoms with Crippen LogP contribution in [0.15, 0.2) is 61.1 Å². The van der Waals surface area contributed by atoms with Crippen LogP contribution in [-0.2, 0) is 13.0 Å². The SMILES string of the molecule is c1ccc(-c2nn3c(c2-[n+]2ccnc4ccccc42)CCCCC3)nc1. The van der Waals surface area contributed by atoms with Crippen LogP contribution in [0.2, 0.25) is 0 Å². The Labute approximate surface area is 152 Å². The molecule has 5 nitrogen and oxygen atoms in total. The summed E-state index contributed by atoms with van der Waals surface area (Å²) in [5, 5.41) is 4.98. The maximum absolute atomic E-state index is 4.98. The van der Waals surface area contributed by atoms with Gasteiger partial charge in [-0.1, -0.05) is 24.6 Å². The van der Waals surface area contributed by atoms with Crippen LogP contribution in [0, 0.1) is 0 Å². The number of hydrogen-bond donors (Lipinski definition) is 0. The van der Waals surface area contributed by atoms with E-state index in [2.05, 4.69) is 37.4 Å². The van der Waals surface area contributed by atoms with Gasteiger partial charge in [0.25, 0.3) is 5.69 Å². The van der Waals surface area contributed by atoms with Crippen molar-refractivity contribution in [2.24, 2.45) is 0 Å². The molecule has 0 radical (unpaired) electrons. The minimum atomic E-state index is 0.913. The summed E-state index contributed by atoms with van der Waals surface area (Å²) in [4.78, 5) is 9.10. The predicted molar refractivity (Wildman–Crippen MR) is 99.8 cm³/mol. The lowest BCUT2D eigenvalue weighted by molar-refractivity contribution is -0.567. The van der Waals surface area contributed by atoms with Gasteiger partial charge in [-0.2, -0.15) is 9.67 Å². The molecule has 128 valence electrons. The maximum Gasteiger partial charge on any atom is 0.262 e. The summed E-state index contributed by atoms with van der Waals surface area (Å²) in [6.07, 6.45) is 10.4. The normalized spacial score (nSPS) is 14.2. The smallest absolute Gasteiger partial charge is 0.262 e. The molecule has 0 saturated carbocycles. The number of nitrogens with zero attached hydrogens (tertiary/aromatic N) is 5. The van der Waals surface area contributed by atoms with Gasteiger partial charge in [0.15, 0.2) is 11.9 Å². The highest BCUT2D eigenvalue weighted by atomic mass is 15.3. The highest BCUT2D eigenvalue weighted by molar-refractivity contribution is 5.72. The molecule has 26 heavy (non-hydrogen) atoms. The number of aryl methyl sites for hydroxylation is 1. The van der Waals surface area contributed by atoms with Gasteiger partial charge < -0.3 is 0 Å². The third kappa shape index (κ3) is 2.47. The Morgan fingerprint density at radius 2 is 1.81 bits per heavy atom. The third-order valence-electron chi connectivity index (χ3n) is 5.03. The second-order valence-electron chi connectivity index (χ2n) is 6.68. The molecule has 5 heteroatoms. The highest BCUT2D eigenvalue weighted by Crippen LogP contribution is 2.28. The van der Waals surface area contributed by atoms with Gasteiger partial charge >= 0.3 is 0 Å². The summed E-state index contributed by atoms with van der Waals surface area (Å²) < 4.78 is 4.42. The fourth-order valence-electron chi connectivity index (χ4n) is 3.81. The van der Waals surface area contributed by atoms with Crippen molar-refractivity contribution < 1.29 is 4.57 Å². The van der Waals surface area contributed by atoms with Crippen molar-refractivity contribution in [1.29, 1.82) is 0 Å². The van der Waals surface area contributed by atoms with Gasteiger partial charge in [-0.15, -0.1) is 0 Å². The van der Waals surface area contributed by atoms with Crippen molar-refractivity contribution in [1.82, 2.24) is 19.7 Å². The van der Waals surface area contributed by atoms with Crippen molar-refractivity contribution in [2.45, 2.75) is 32.2 Å². The largest absolute Gasteiger partial charge is 0.262 e. The lowest BCUT2D eigenvalue weighted by Crippen LogP contribution is -2.33. The number of rotatable bonds is 2. The standard InChI is InChI=1S/C21H20N5/c1-2-11-19-21(25-15-13-23-16-8-3-4-10-18(16)25)20(24-26(19)14-7-1)17-9-5-6-12-22-17/h3-6,8-10,12-13,15H,1-2,7,11,14H2/q+1. The lowest BCUT2D eigenvalue weighted by Gasteiger charge is -2.04. The topological polar surface area (TPSA) is 47.5 Å². The molecule has 4 aromatic rings. The number of hydrogen-bond acceptors (Lipinski definition) is 3. The van der Waals surface area contributed by atoms with Gasteiger partial charge in [0.2, 0.25) is 5.52 Å². The number of fused-ring (bicyclic) bond motifs is 2. The van der Waals surface area contributed by atoms with Crippen molar-refractivity contribution in [3.63, 3.8) is 0 Å². The molecule has 0 aliphatic carbocycles. The minimum Gasteiger partial charge on any atom is -0.262 e. The predicted octanol–water partition coefficient (Wildman–Crippen LogP) is 3.50. The Morgan fingerprint density at radius 3 is 2.73 bits per heavy atom. The molecule has 3 aromatic heterocycles. The van der Waals surface area contributed by atoms with Crippen LogP contribution in [0.25, 0.3) is 28.1 Å². The summed E-state index contributed by atoms with van der Waals surface area (Å²) in [5.41, 5.74) is 6.37. The molecule has 0 atom stereocenters. The molecule has 0 saturated heterocycles. The Kier molecular flexibility index (Phi) is 3.70. The second kappa shape index (κ2) is 6.33. The van der Waals surface area contributed by atoms with Crippen molar-refractivity contribution in [3.05, 3.63) is 66.7 Å². The zero-order valence-electron chi connectivity index (χ0n) is 14.5. The van der Waals surface area contributed by atoms with Crippen LogP contribution in [-0.4, -0.2) is 19.7 Å². The molecular formula is C21H20N5+. The lowest BCUT2D eigenvalue weighted by atomic mass is 10.1. The van der Waals surface area contributed by atoms with E-state index in [0.717, 1.165) is 41.1 Å². The molecule has 4 heterocycles. The van der Waals surface area contributed by atoms with E-state index < -0.39 is 0 Å². The summed E-state index contributed by atoms with van der Waals surface area (Å²) in [7, 11) is 0. The van der Waals surface area contributed by atoms with Gasteiger partial charge in [0.05, 0.1) is 11.9 Å². The first-order chi connectivity index (χ1) is 12.9. The molecular weight excluding hydrogens is 322 g/mol. The molecule has 5 rings (SSSR count). The van der Waals surface area contributed by atoms with E-state index in [1.165, 1.54) is 25.0 Å². The molecule has 0 N–H and O–H groups in total. The van der Waals surface area contributed by atoms with E-state index in [1.54, 1.807) is 0 Å². The quantitative estimate of drug-likeness (QED) is 0.524. The van der Waals surface area contributed by atoms with Gasteiger partial charge in [-0.25, -0.2) is 4.98 Å². The summed E-state index contributed by atoms with van der Waals surface area (Å²) in [6, 6.07) is 14.3. The fraction of sp³-hybridized carbons (Fsp3) is 0.238. The van der Waals surface area contributed by atoms with Crippen LogP contribution in [0.5, 0.6) is 0 Å². The monoisotopic (exact) mass is 342 g/mol. The zero-order chi connectivity index (χ0) is 17.3. The Bertz CT molecular complexity index is 1060. The Morgan fingerprint density at radius 1 is 0.885 bits per heavy atom. The molecule has 0 unspecified atom stereocenters. The maximum atomic E-state index is 4.98. The number of benzene rings is 1. The number of para-hydroxylation sites is 2. The molecule has 1 aliphatic rings.